The molecule has 0 radical (unpaired) electrons. The van der Waals surface area contributed by atoms with E-state index < -0.39 is 17.7 Å². The van der Waals surface area contributed by atoms with Crippen LogP contribution in [0.5, 0.6) is 5.75 Å². The number of rotatable bonds is 10. The molecule has 192 valence electrons. The molecule has 2 aromatic carbocycles. The van der Waals surface area contributed by atoms with E-state index in [0.717, 1.165) is 50.0 Å². The highest BCUT2D eigenvalue weighted by Gasteiger charge is 2.46. The van der Waals surface area contributed by atoms with Crippen LogP contribution in [0, 0.1) is 6.92 Å². The molecule has 0 saturated carbocycles. The molecule has 4 rings (SSSR count). The molecule has 0 aliphatic carbocycles. The standard InChI is InChI=1S/C29H36N2O5/c1-3-4-17-36-24-8-5-7-23(20-24)26-25(27(32)22-11-9-21(2)10-12-22)28(33)29(34)31(26)14-6-13-30-15-18-35-19-16-30/h5,7-12,20,26,32H,3-4,6,13-19H2,1-2H3/t26-/m1/s1. The molecule has 1 amide bonds. The first kappa shape index (κ1) is 25.9. The minimum absolute atomic E-state index is 0.126. The second-order valence-electron chi connectivity index (χ2n) is 9.44. The van der Waals surface area contributed by atoms with Gasteiger partial charge in [-0.1, -0.05) is 55.3 Å². The topological polar surface area (TPSA) is 79.3 Å². The minimum atomic E-state index is -0.675. The summed E-state index contributed by atoms with van der Waals surface area (Å²) in [6.45, 7) is 9.06. The van der Waals surface area contributed by atoms with Crippen LogP contribution in [0.25, 0.3) is 5.76 Å². The lowest BCUT2D eigenvalue weighted by atomic mass is 9.95. The molecule has 0 spiro atoms. The third-order valence-corrected chi connectivity index (χ3v) is 6.78. The molecule has 2 heterocycles. The van der Waals surface area contributed by atoms with Crippen LogP contribution in [0.2, 0.25) is 0 Å². The number of hydrogen-bond acceptors (Lipinski definition) is 6. The van der Waals surface area contributed by atoms with Crippen molar-refractivity contribution in [3.05, 3.63) is 70.8 Å². The van der Waals surface area contributed by atoms with E-state index in [4.69, 9.17) is 9.47 Å². The fraction of sp³-hybridized carbons (Fsp3) is 0.448. The lowest BCUT2D eigenvalue weighted by Crippen LogP contribution is -2.38. The number of ketones is 1. The monoisotopic (exact) mass is 492 g/mol. The van der Waals surface area contributed by atoms with Crippen molar-refractivity contribution < 1.29 is 24.2 Å². The Morgan fingerprint density at radius 2 is 1.81 bits per heavy atom. The van der Waals surface area contributed by atoms with Gasteiger partial charge in [0.25, 0.3) is 11.7 Å². The molecule has 0 aromatic heterocycles. The number of Topliss-reactive ketones (excluding diaryl/α,β-unsaturated/α-hetero) is 1. The summed E-state index contributed by atoms with van der Waals surface area (Å²) >= 11 is 0. The number of benzene rings is 2. The molecule has 2 fully saturated rings. The maximum atomic E-state index is 13.3. The second-order valence-corrected chi connectivity index (χ2v) is 9.44. The van der Waals surface area contributed by atoms with E-state index in [2.05, 4.69) is 11.8 Å². The SMILES string of the molecule is CCCCOc1cccc([C@@H]2C(=C(O)c3ccc(C)cc3)C(=O)C(=O)N2CCCN2CCOCC2)c1. The Bertz CT molecular complexity index is 1090. The van der Waals surface area contributed by atoms with E-state index in [1.54, 1.807) is 17.0 Å². The van der Waals surface area contributed by atoms with Gasteiger partial charge in [-0.3, -0.25) is 14.5 Å². The summed E-state index contributed by atoms with van der Waals surface area (Å²) in [6, 6.07) is 14.2. The van der Waals surface area contributed by atoms with Crippen molar-refractivity contribution in [1.29, 1.82) is 0 Å². The predicted molar refractivity (Wildman–Crippen MR) is 139 cm³/mol. The van der Waals surface area contributed by atoms with Gasteiger partial charge < -0.3 is 19.5 Å². The number of amides is 1. The number of carbonyl (C=O) groups excluding carboxylic acids is 2. The highest BCUT2D eigenvalue weighted by atomic mass is 16.5. The number of aliphatic hydroxyl groups is 1. The highest BCUT2D eigenvalue weighted by Crippen LogP contribution is 2.40. The van der Waals surface area contributed by atoms with Crippen molar-refractivity contribution >= 4 is 17.4 Å². The van der Waals surface area contributed by atoms with E-state index in [-0.39, 0.29) is 11.3 Å². The van der Waals surface area contributed by atoms with Gasteiger partial charge in [-0.05, 0) is 37.5 Å². The Hall–Kier alpha value is -3.16. The molecule has 1 N–H and O–H groups in total. The van der Waals surface area contributed by atoms with Gasteiger partial charge in [0.15, 0.2) is 0 Å². The summed E-state index contributed by atoms with van der Waals surface area (Å²) in [5.74, 6) is -0.684. The molecule has 2 saturated heterocycles. The van der Waals surface area contributed by atoms with Gasteiger partial charge in [-0.25, -0.2) is 0 Å². The minimum Gasteiger partial charge on any atom is -0.507 e. The number of hydrogen-bond donors (Lipinski definition) is 1. The van der Waals surface area contributed by atoms with Crippen LogP contribution < -0.4 is 4.74 Å². The van der Waals surface area contributed by atoms with Crippen LogP contribution in [0.3, 0.4) is 0 Å². The van der Waals surface area contributed by atoms with Crippen LogP contribution in [0.15, 0.2) is 54.1 Å². The Morgan fingerprint density at radius 1 is 1.06 bits per heavy atom. The van der Waals surface area contributed by atoms with Gasteiger partial charge in [-0.2, -0.15) is 0 Å². The van der Waals surface area contributed by atoms with E-state index >= 15 is 0 Å². The number of morpholine rings is 1. The average molecular weight is 493 g/mol. The van der Waals surface area contributed by atoms with Crippen LogP contribution >= 0.6 is 0 Å². The molecular formula is C29H36N2O5. The lowest BCUT2D eigenvalue weighted by molar-refractivity contribution is -0.140. The third-order valence-electron chi connectivity index (χ3n) is 6.78. The Labute approximate surface area is 213 Å². The largest absolute Gasteiger partial charge is 0.507 e. The first-order valence-electron chi connectivity index (χ1n) is 12.9. The first-order chi connectivity index (χ1) is 17.5. The van der Waals surface area contributed by atoms with Gasteiger partial charge in [0, 0.05) is 31.7 Å². The van der Waals surface area contributed by atoms with Crippen molar-refractivity contribution in [3.63, 3.8) is 0 Å². The maximum Gasteiger partial charge on any atom is 0.295 e. The molecule has 0 bridgehead atoms. The smallest absolute Gasteiger partial charge is 0.295 e. The molecule has 0 unspecified atom stereocenters. The normalized spacial score (nSPS) is 20.2. The summed E-state index contributed by atoms with van der Waals surface area (Å²) in [5, 5.41) is 11.2. The maximum absolute atomic E-state index is 13.3. The molecule has 1 atom stereocenters. The fourth-order valence-corrected chi connectivity index (χ4v) is 4.72. The number of aryl methyl sites for hydroxylation is 1. The third kappa shape index (κ3) is 5.97. The number of carbonyl (C=O) groups is 2. The molecule has 7 heteroatoms. The molecule has 2 aromatic rings. The zero-order valence-corrected chi connectivity index (χ0v) is 21.2. The summed E-state index contributed by atoms with van der Waals surface area (Å²) in [7, 11) is 0. The van der Waals surface area contributed by atoms with Crippen molar-refractivity contribution in [2.75, 3.05) is 46.0 Å². The van der Waals surface area contributed by atoms with Crippen molar-refractivity contribution in [2.45, 2.75) is 39.2 Å². The zero-order valence-electron chi connectivity index (χ0n) is 21.2. The summed E-state index contributed by atoms with van der Waals surface area (Å²) < 4.78 is 11.3. The van der Waals surface area contributed by atoms with E-state index in [1.807, 2.05) is 43.3 Å². The number of nitrogens with zero attached hydrogens (tertiary/aromatic N) is 2. The first-order valence-corrected chi connectivity index (χ1v) is 12.9. The van der Waals surface area contributed by atoms with Crippen LogP contribution in [0.4, 0.5) is 0 Å². The average Bonchev–Trinajstić information content (AvgIpc) is 3.15. The number of aliphatic hydroxyl groups excluding tert-OH is 1. The molecular weight excluding hydrogens is 456 g/mol. The summed E-state index contributed by atoms with van der Waals surface area (Å²) in [6.07, 6.45) is 2.69. The predicted octanol–water partition coefficient (Wildman–Crippen LogP) is 4.32. The van der Waals surface area contributed by atoms with Crippen molar-refractivity contribution in [1.82, 2.24) is 9.80 Å². The quantitative estimate of drug-likeness (QED) is 0.230. The Balaban J connectivity index is 1.66. The van der Waals surface area contributed by atoms with Crippen LogP contribution in [-0.4, -0.2) is 72.6 Å². The molecule has 2 aliphatic heterocycles. The van der Waals surface area contributed by atoms with Crippen LogP contribution in [0.1, 0.15) is 48.9 Å². The molecule has 2 aliphatic rings. The van der Waals surface area contributed by atoms with Crippen molar-refractivity contribution in [2.24, 2.45) is 0 Å². The second kappa shape index (κ2) is 12.2. The summed E-state index contributed by atoms with van der Waals surface area (Å²) in [5.41, 5.74) is 2.44. The van der Waals surface area contributed by atoms with Crippen molar-refractivity contribution in [3.8, 4) is 5.75 Å². The van der Waals surface area contributed by atoms with Gasteiger partial charge >= 0.3 is 0 Å². The fourth-order valence-electron chi connectivity index (χ4n) is 4.72. The van der Waals surface area contributed by atoms with E-state index in [0.29, 0.717) is 37.7 Å². The number of ether oxygens (including phenoxy) is 2. The van der Waals surface area contributed by atoms with Gasteiger partial charge in [-0.15, -0.1) is 0 Å². The highest BCUT2D eigenvalue weighted by molar-refractivity contribution is 6.46. The molecule has 36 heavy (non-hydrogen) atoms. The van der Waals surface area contributed by atoms with Gasteiger partial charge in [0.2, 0.25) is 0 Å². The zero-order chi connectivity index (χ0) is 25.5. The number of likely N-dealkylation sites (tertiary alicyclic amines) is 1. The Morgan fingerprint density at radius 3 is 2.53 bits per heavy atom. The molecule has 7 nitrogen and oxygen atoms in total. The van der Waals surface area contributed by atoms with Gasteiger partial charge in [0.05, 0.1) is 31.4 Å². The van der Waals surface area contributed by atoms with Gasteiger partial charge in [0.1, 0.15) is 11.5 Å². The Kier molecular flexibility index (Phi) is 8.78. The van der Waals surface area contributed by atoms with Crippen LogP contribution in [-0.2, 0) is 14.3 Å². The number of unbranched alkanes of at least 4 members (excludes halogenated alkanes) is 1. The lowest BCUT2D eigenvalue weighted by Gasteiger charge is -2.29. The van der Waals surface area contributed by atoms with E-state index in [1.165, 1.54) is 0 Å². The summed E-state index contributed by atoms with van der Waals surface area (Å²) in [4.78, 5) is 30.4. The van der Waals surface area contributed by atoms with E-state index in [9.17, 15) is 14.7 Å².